The molecule has 0 saturated heterocycles. The summed E-state index contributed by atoms with van der Waals surface area (Å²) in [6.07, 6.45) is 3.72. The van der Waals surface area contributed by atoms with E-state index >= 15 is 0 Å². The summed E-state index contributed by atoms with van der Waals surface area (Å²) >= 11 is 11.8. The summed E-state index contributed by atoms with van der Waals surface area (Å²) in [6.45, 7) is -0.194. The first-order valence-corrected chi connectivity index (χ1v) is 9.73. The normalized spacial score (nSPS) is 13.2. The molecule has 0 radical (unpaired) electrons. The third kappa shape index (κ3) is 3.86. The van der Waals surface area contributed by atoms with Gasteiger partial charge in [0.15, 0.2) is 6.61 Å². The summed E-state index contributed by atoms with van der Waals surface area (Å²) in [7, 11) is 0. The van der Waals surface area contributed by atoms with Gasteiger partial charge in [-0.1, -0.05) is 23.2 Å². The number of rotatable bonds is 4. The quantitative estimate of drug-likeness (QED) is 0.606. The van der Waals surface area contributed by atoms with Crippen LogP contribution in [0, 0.1) is 0 Å². The topological polar surface area (TPSA) is 68.5 Å². The highest BCUT2D eigenvalue weighted by Gasteiger charge is 2.18. The molecule has 0 bridgehead atoms. The maximum Gasteiger partial charge on any atom is 0.339 e. The molecule has 0 spiro atoms. The van der Waals surface area contributed by atoms with E-state index < -0.39 is 0 Å². The minimum Gasteiger partial charge on any atom is -0.484 e. The first-order chi connectivity index (χ1) is 13.5. The number of hydrogen-bond acceptors (Lipinski definition) is 4. The van der Waals surface area contributed by atoms with Crippen molar-refractivity contribution >= 4 is 45.8 Å². The minimum atomic E-state index is -0.342. The average Bonchev–Trinajstić information content (AvgIpc) is 2.69. The lowest BCUT2D eigenvalue weighted by Gasteiger charge is -2.16. The monoisotopic (exact) mass is 417 g/mol. The molecule has 1 amide bonds. The molecular formula is C21H17Cl2NO4. The van der Waals surface area contributed by atoms with Gasteiger partial charge >= 0.3 is 5.63 Å². The third-order valence-corrected chi connectivity index (χ3v) is 5.51. The molecule has 0 aliphatic heterocycles. The van der Waals surface area contributed by atoms with Gasteiger partial charge < -0.3 is 14.5 Å². The predicted octanol–water partition coefficient (Wildman–Crippen LogP) is 5.00. The van der Waals surface area contributed by atoms with E-state index in [0.29, 0.717) is 27.1 Å². The largest absolute Gasteiger partial charge is 0.484 e. The SMILES string of the molecule is O=C(COc1ccc2c3c(c(=O)oc2c1)CCCC3)Nc1ccc(Cl)c(Cl)c1. The highest BCUT2D eigenvalue weighted by molar-refractivity contribution is 6.42. The third-order valence-electron chi connectivity index (χ3n) is 4.77. The van der Waals surface area contributed by atoms with Gasteiger partial charge in [0.25, 0.3) is 5.91 Å². The van der Waals surface area contributed by atoms with Crippen LogP contribution < -0.4 is 15.7 Å². The lowest BCUT2D eigenvalue weighted by Crippen LogP contribution is -2.20. The van der Waals surface area contributed by atoms with Gasteiger partial charge in [-0.2, -0.15) is 0 Å². The van der Waals surface area contributed by atoms with Crippen LogP contribution in [0.4, 0.5) is 5.69 Å². The van der Waals surface area contributed by atoms with Gasteiger partial charge in [-0.15, -0.1) is 0 Å². The second-order valence-electron chi connectivity index (χ2n) is 6.68. The molecule has 1 N–H and O–H groups in total. The number of halogens is 2. The lowest BCUT2D eigenvalue weighted by molar-refractivity contribution is -0.118. The first kappa shape index (κ1) is 18.8. The van der Waals surface area contributed by atoms with E-state index in [4.69, 9.17) is 32.4 Å². The number of carbonyl (C=O) groups excluding carboxylic acids is 1. The van der Waals surface area contributed by atoms with Gasteiger partial charge in [0.05, 0.1) is 10.0 Å². The molecule has 0 saturated carbocycles. The average molecular weight is 418 g/mol. The molecule has 1 aliphatic carbocycles. The fraction of sp³-hybridized carbons (Fsp3) is 0.238. The molecule has 2 aromatic carbocycles. The fourth-order valence-corrected chi connectivity index (χ4v) is 3.73. The molecule has 4 rings (SSSR count). The number of nitrogens with one attached hydrogen (secondary N) is 1. The number of amides is 1. The number of aryl methyl sites for hydroxylation is 1. The summed E-state index contributed by atoms with van der Waals surface area (Å²) < 4.78 is 11.0. The second-order valence-corrected chi connectivity index (χ2v) is 7.49. The maximum atomic E-state index is 12.2. The number of benzene rings is 2. The van der Waals surface area contributed by atoms with Crippen molar-refractivity contribution in [3.63, 3.8) is 0 Å². The second kappa shape index (κ2) is 7.86. The Morgan fingerprint density at radius 3 is 2.61 bits per heavy atom. The number of carbonyl (C=O) groups is 1. The Balaban J connectivity index is 1.48. The molecule has 1 aromatic heterocycles. The molecule has 1 heterocycles. The van der Waals surface area contributed by atoms with Gasteiger partial charge in [-0.05, 0) is 61.6 Å². The van der Waals surface area contributed by atoms with E-state index in [2.05, 4.69) is 5.32 Å². The number of anilines is 1. The smallest absolute Gasteiger partial charge is 0.339 e. The molecule has 3 aromatic rings. The summed E-state index contributed by atoms with van der Waals surface area (Å²) in [5.41, 5.74) is 2.58. The molecule has 28 heavy (non-hydrogen) atoms. The van der Waals surface area contributed by atoms with Crippen molar-refractivity contribution in [2.24, 2.45) is 0 Å². The Bertz CT molecular complexity index is 1120. The molecule has 7 heteroatoms. The molecular weight excluding hydrogens is 401 g/mol. The minimum absolute atomic E-state index is 0.194. The van der Waals surface area contributed by atoms with E-state index in [1.807, 2.05) is 6.07 Å². The Hall–Kier alpha value is -2.50. The highest BCUT2D eigenvalue weighted by atomic mass is 35.5. The fourth-order valence-electron chi connectivity index (χ4n) is 3.44. The van der Waals surface area contributed by atoms with E-state index in [9.17, 15) is 9.59 Å². The lowest BCUT2D eigenvalue weighted by atomic mass is 9.91. The van der Waals surface area contributed by atoms with Crippen molar-refractivity contribution in [3.05, 3.63) is 68.0 Å². The molecule has 0 fully saturated rings. The van der Waals surface area contributed by atoms with Crippen LogP contribution in [0.5, 0.6) is 5.75 Å². The van der Waals surface area contributed by atoms with Gasteiger partial charge in [-0.3, -0.25) is 4.79 Å². The van der Waals surface area contributed by atoms with Crippen LogP contribution in [0.1, 0.15) is 24.0 Å². The first-order valence-electron chi connectivity index (χ1n) is 8.97. The summed E-state index contributed by atoms with van der Waals surface area (Å²) in [5.74, 6) is 0.112. The molecule has 1 aliphatic rings. The Kier molecular flexibility index (Phi) is 5.29. The summed E-state index contributed by atoms with van der Waals surface area (Å²) in [6, 6.07) is 10.1. The van der Waals surface area contributed by atoms with Crippen molar-refractivity contribution in [2.75, 3.05) is 11.9 Å². The van der Waals surface area contributed by atoms with Crippen LogP contribution in [-0.2, 0) is 17.6 Å². The van der Waals surface area contributed by atoms with E-state index in [1.54, 1.807) is 30.3 Å². The van der Waals surface area contributed by atoms with Crippen LogP contribution in [0.2, 0.25) is 10.0 Å². The summed E-state index contributed by atoms with van der Waals surface area (Å²) in [5, 5.41) is 4.39. The van der Waals surface area contributed by atoms with Gasteiger partial charge in [-0.25, -0.2) is 4.79 Å². The van der Waals surface area contributed by atoms with Crippen molar-refractivity contribution in [1.82, 2.24) is 0 Å². The Morgan fingerprint density at radius 2 is 1.82 bits per heavy atom. The zero-order valence-electron chi connectivity index (χ0n) is 14.9. The standard InChI is InChI=1S/C21H17Cl2NO4/c22-17-8-5-12(9-18(17)23)24-20(25)11-27-13-6-7-15-14-3-1-2-4-16(14)21(26)28-19(15)10-13/h5-10H,1-4,11H2,(H,24,25). The van der Waals surface area contributed by atoms with E-state index in [-0.39, 0.29) is 18.1 Å². The summed E-state index contributed by atoms with van der Waals surface area (Å²) in [4.78, 5) is 24.3. The van der Waals surface area contributed by atoms with E-state index in [1.165, 1.54) is 0 Å². The van der Waals surface area contributed by atoms with E-state index in [0.717, 1.165) is 42.2 Å². The van der Waals surface area contributed by atoms with Crippen molar-refractivity contribution in [1.29, 1.82) is 0 Å². The number of fused-ring (bicyclic) bond motifs is 3. The number of ether oxygens (including phenoxy) is 1. The number of hydrogen-bond donors (Lipinski definition) is 1. The van der Waals surface area contributed by atoms with Gasteiger partial charge in [0.1, 0.15) is 11.3 Å². The van der Waals surface area contributed by atoms with Crippen LogP contribution in [0.15, 0.2) is 45.6 Å². The maximum absolute atomic E-state index is 12.2. The van der Waals surface area contributed by atoms with Crippen molar-refractivity contribution in [3.8, 4) is 5.75 Å². The van der Waals surface area contributed by atoms with Crippen molar-refractivity contribution in [2.45, 2.75) is 25.7 Å². The Labute approximate surface area is 171 Å². The van der Waals surface area contributed by atoms with Crippen LogP contribution in [0.3, 0.4) is 0 Å². The van der Waals surface area contributed by atoms with Gasteiger partial charge in [0.2, 0.25) is 0 Å². The van der Waals surface area contributed by atoms with Gasteiger partial charge in [0, 0.05) is 22.7 Å². The predicted molar refractivity (Wildman–Crippen MR) is 110 cm³/mol. The molecule has 0 atom stereocenters. The van der Waals surface area contributed by atoms with Crippen LogP contribution in [0.25, 0.3) is 11.0 Å². The molecule has 0 unspecified atom stereocenters. The highest BCUT2D eigenvalue weighted by Crippen LogP contribution is 2.29. The zero-order chi connectivity index (χ0) is 19.7. The Morgan fingerprint density at radius 1 is 1.04 bits per heavy atom. The van der Waals surface area contributed by atoms with Crippen LogP contribution >= 0.6 is 23.2 Å². The van der Waals surface area contributed by atoms with Crippen molar-refractivity contribution < 1.29 is 13.9 Å². The van der Waals surface area contributed by atoms with Crippen LogP contribution in [-0.4, -0.2) is 12.5 Å². The molecule has 144 valence electrons. The zero-order valence-corrected chi connectivity index (χ0v) is 16.4. The molecule has 5 nitrogen and oxygen atoms in total.